The van der Waals surface area contributed by atoms with Gasteiger partial charge in [0.1, 0.15) is 18.4 Å². The van der Waals surface area contributed by atoms with Gasteiger partial charge in [0, 0.05) is 34.1 Å². The number of hydrogen-bond donors (Lipinski definition) is 0. The Hall–Kier alpha value is -4.14. The normalized spacial score (nSPS) is 23.2. The van der Waals surface area contributed by atoms with Gasteiger partial charge < -0.3 is 28.4 Å². The van der Waals surface area contributed by atoms with E-state index in [-0.39, 0.29) is 12.0 Å². The van der Waals surface area contributed by atoms with Crippen LogP contribution in [0.4, 0.5) is 13.2 Å². The highest BCUT2D eigenvalue weighted by molar-refractivity contribution is 5.68. The Balaban J connectivity index is 1.83. The summed E-state index contributed by atoms with van der Waals surface area (Å²) in [5, 5.41) is 4.26. The number of esters is 4. The SMILES string of the molecule is CCc1ccc(Cc2c(OC3OC(COC(C)=O)C(OC(C)=O)C(OC(C)=O)C3OC(C)=O)nn(C3CCC3)c2C(F)(F)F)cc1. The van der Waals surface area contributed by atoms with Crippen LogP contribution >= 0.6 is 0 Å². The molecular weight excluding hydrogens is 617 g/mol. The maximum Gasteiger partial charge on any atom is 0.433 e. The maximum absolute atomic E-state index is 14.7. The molecule has 2 aromatic rings. The molecular formula is C31H37F3N2O10. The Morgan fingerprint density at radius 3 is 1.93 bits per heavy atom. The topological polar surface area (TPSA) is 141 Å². The van der Waals surface area contributed by atoms with Crippen LogP contribution in [0, 0.1) is 0 Å². The molecule has 0 spiro atoms. The predicted octanol–water partition coefficient (Wildman–Crippen LogP) is 4.24. The number of carbonyl (C=O) groups is 4. The van der Waals surface area contributed by atoms with Crippen molar-refractivity contribution in [2.45, 2.75) is 110 Å². The predicted molar refractivity (Wildman–Crippen MR) is 151 cm³/mol. The highest BCUT2D eigenvalue weighted by Gasteiger charge is 2.54. The second-order valence-electron chi connectivity index (χ2n) is 11.2. The zero-order valence-electron chi connectivity index (χ0n) is 26.1. The van der Waals surface area contributed by atoms with E-state index in [1.165, 1.54) is 0 Å². The Morgan fingerprint density at radius 2 is 1.43 bits per heavy atom. The van der Waals surface area contributed by atoms with Gasteiger partial charge in [-0.25, -0.2) is 0 Å². The zero-order chi connectivity index (χ0) is 33.8. The van der Waals surface area contributed by atoms with Crippen LogP contribution < -0.4 is 4.74 Å². The fraction of sp³-hybridized carbons (Fsp3) is 0.581. The van der Waals surface area contributed by atoms with E-state index in [1.54, 1.807) is 12.1 Å². The van der Waals surface area contributed by atoms with Gasteiger partial charge in [0.15, 0.2) is 12.2 Å². The molecule has 0 bridgehead atoms. The van der Waals surface area contributed by atoms with Crippen LogP contribution in [0.25, 0.3) is 0 Å². The summed E-state index contributed by atoms with van der Waals surface area (Å²) < 4.78 is 78.4. The third-order valence-electron chi connectivity index (χ3n) is 7.65. The van der Waals surface area contributed by atoms with Gasteiger partial charge in [0.25, 0.3) is 0 Å². The highest BCUT2D eigenvalue weighted by Crippen LogP contribution is 2.44. The number of ether oxygens (including phenoxy) is 6. The Morgan fingerprint density at radius 1 is 0.870 bits per heavy atom. The smallest absolute Gasteiger partial charge is 0.433 e. The molecule has 2 heterocycles. The Labute approximate surface area is 263 Å². The Kier molecular flexibility index (Phi) is 11.0. The molecule has 12 nitrogen and oxygen atoms in total. The number of carbonyl (C=O) groups excluding carboxylic acids is 4. The summed E-state index contributed by atoms with van der Waals surface area (Å²) in [6, 6.07) is 6.55. The molecule has 15 heteroatoms. The molecule has 1 aromatic carbocycles. The second-order valence-corrected chi connectivity index (χ2v) is 11.2. The average Bonchev–Trinajstić information content (AvgIpc) is 3.26. The van der Waals surface area contributed by atoms with Gasteiger partial charge in [0.05, 0.1) is 11.6 Å². The van der Waals surface area contributed by atoms with Crippen LogP contribution in [0.2, 0.25) is 0 Å². The van der Waals surface area contributed by atoms with Gasteiger partial charge in [0.2, 0.25) is 18.3 Å². The lowest BCUT2D eigenvalue weighted by Gasteiger charge is -2.43. The summed E-state index contributed by atoms with van der Waals surface area (Å²) in [6.45, 7) is 5.72. The van der Waals surface area contributed by atoms with Crippen molar-refractivity contribution < 1.29 is 60.8 Å². The van der Waals surface area contributed by atoms with Crippen LogP contribution in [0.15, 0.2) is 24.3 Å². The summed E-state index contributed by atoms with van der Waals surface area (Å²) in [6.07, 6.45) is -10.4. The lowest BCUT2D eigenvalue weighted by atomic mass is 9.93. The molecule has 2 aliphatic rings. The fourth-order valence-corrected chi connectivity index (χ4v) is 5.39. The molecule has 0 amide bonds. The molecule has 5 atom stereocenters. The summed E-state index contributed by atoms with van der Waals surface area (Å²) in [5.41, 5.74) is 0.287. The van der Waals surface area contributed by atoms with E-state index in [0.29, 0.717) is 18.4 Å². The molecule has 1 saturated carbocycles. The number of nitrogens with zero attached hydrogens (tertiary/aromatic N) is 2. The summed E-state index contributed by atoms with van der Waals surface area (Å²) in [5.74, 6) is -3.74. The lowest BCUT2D eigenvalue weighted by Crippen LogP contribution is -2.63. The van der Waals surface area contributed by atoms with Crippen molar-refractivity contribution in [1.82, 2.24) is 9.78 Å². The van der Waals surface area contributed by atoms with Crippen molar-refractivity contribution in [2.75, 3.05) is 6.61 Å². The van der Waals surface area contributed by atoms with E-state index in [0.717, 1.165) is 50.8 Å². The summed E-state index contributed by atoms with van der Waals surface area (Å²) in [7, 11) is 0. The van der Waals surface area contributed by atoms with Crippen molar-refractivity contribution in [3.05, 3.63) is 46.6 Å². The van der Waals surface area contributed by atoms with Crippen LogP contribution in [0.5, 0.6) is 5.88 Å². The molecule has 1 aromatic heterocycles. The van der Waals surface area contributed by atoms with Crippen molar-refractivity contribution in [1.29, 1.82) is 0 Å². The standard InChI is InChI=1S/C31H37F3N2O10/c1-6-20-10-12-21(13-11-20)14-23-28(31(32,33)34)36(22-8-7-9-22)35-29(23)46-30-27(44-19(5)40)26(43-18(4)39)25(42-17(3)38)24(45-30)15-41-16(2)37/h10-13,22,24-27,30H,6-9,14-15H2,1-5H3. The van der Waals surface area contributed by atoms with Crippen LogP contribution in [0.1, 0.15) is 82.3 Å². The summed E-state index contributed by atoms with van der Waals surface area (Å²) >= 11 is 0. The number of halogens is 3. The molecule has 5 unspecified atom stereocenters. The largest absolute Gasteiger partial charge is 0.463 e. The molecule has 46 heavy (non-hydrogen) atoms. The third-order valence-corrected chi connectivity index (χ3v) is 7.65. The van der Waals surface area contributed by atoms with E-state index in [1.807, 2.05) is 19.1 Å². The van der Waals surface area contributed by atoms with E-state index in [4.69, 9.17) is 28.4 Å². The molecule has 2 fully saturated rings. The van der Waals surface area contributed by atoms with E-state index in [2.05, 4.69) is 5.10 Å². The van der Waals surface area contributed by atoms with Gasteiger partial charge >= 0.3 is 30.1 Å². The number of aromatic nitrogens is 2. The minimum atomic E-state index is -4.82. The van der Waals surface area contributed by atoms with Crippen LogP contribution in [-0.4, -0.2) is 71.0 Å². The van der Waals surface area contributed by atoms with Gasteiger partial charge in [-0.15, -0.1) is 5.10 Å². The van der Waals surface area contributed by atoms with Gasteiger partial charge in [-0.1, -0.05) is 31.2 Å². The first kappa shape index (κ1) is 34.7. The molecule has 0 N–H and O–H groups in total. The minimum Gasteiger partial charge on any atom is -0.463 e. The maximum atomic E-state index is 14.7. The monoisotopic (exact) mass is 654 g/mol. The first-order valence-electron chi connectivity index (χ1n) is 14.9. The third kappa shape index (κ3) is 8.36. The first-order valence-corrected chi connectivity index (χ1v) is 14.9. The number of benzene rings is 1. The molecule has 252 valence electrons. The van der Waals surface area contributed by atoms with Crippen LogP contribution in [0.3, 0.4) is 0 Å². The Bertz CT molecular complexity index is 1420. The van der Waals surface area contributed by atoms with Crippen molar-refractivity contribution >= 4 is 23.9 Å². The first-order chi connectivity index (χ1) is 21.7. The van der Waals surface area contributed by atoms with Crippen LogP contribution in [-0.2, 0) is 61.9 Å². The number of alkyl halides is 3. The van der Waals surface area contributed by atoms with E-state index >= 15 is 0 Å². The number of hydrogen-bond acceptors (Lipinski definition) is 11. The quantitative estimate of drug-likeness (QED) is 0.254. The number of rotatable bonds is 11. The van der Waals surface area contributed by atoms with E-state index in [9.17, 15) is 32.3 Å². The fourth-order valence-electron chi connectivity index (χ4n) is 5.39. The molecule has 4 rings (SSSR count). The highest BCUT2D eigenvalue weighted by atomic mass is 19.4. The van der Waals surface area contributed by atoms with Gasteiger partial charge in [-0.3, -0.25) is 23.9 Å². The van der Waals surface area contributed by atoms with Gasteiger partial charge in [-0.2, -0.15) is 13.2 Å². The minimum absolute atomic E-state index is 0.216. The number of aryl methyl sites for hydroxylation is 1. The lowest BCUT2D eigenvalue weighted by molar-refractivity contribution is -0.289. The second kappa shape index (κ2) is 14.5. The van der Waals surface area contributed by atoms with Crippen molar-refractivity contribution in [2.24, 2.45) is 0 Å². The molecule has 1 aliphatic heterocycles. The zero-order valence-corrected chi connectivity index (χ0v) is 26.1. The van der Waals surface area contributed by atoms with Crippen molar-refractivity contribution in [3.63, 3.8) is 0 Å². The average molecular weight is 655 g/mol. The van der Waals surface area contributed by atoms with Crippen molar-refractivity contribution in [3.8, 4) is 5.88 Å². The van der Waals surface area contributed by atoms with E-state index < -0.39 is 85.0 Å². The molecule has 1 saturated heterocycles. The van der Waals surface area contributed by atoms with Gasteiger partial charge in [-0.05, 0) is 36.8 Å². The summed E-state index contributed by atoms with van der Waals surface area (Å²) in [4.78, 5) is 48.1. The molecule has 1 aliphatic carbocycles. The molecule has 0 radical (unpaired) electrons.